The first kappa shape index (κ1) is 14.9. The van der Waals surface area contributed by atoms with E-state index in [1.807, 2.05) is 13.8 Å². The molecule has 1 aromatic rings. The summed E-state index contributed by atoms with van der Waals surface area (Å²) in [5.41, 5.74) is 7.68. The lowest BCUT2D eigenvalue weighted by Crippen LogP contribution is -2.35. The highest BCUT2D eigenvalue weighted by atomic mass is 16.2. The van der Waals surface area contributed by atoms with Gasteiger partial charge in [0.15, 0.2) is 5.69 Å². The average Bonchev–Trinajstić information content (AvgIpc) is 2.74. The first-order valence-electron chi connectivity index (χ1n) is 7.74. The highest BCUT2D eigenvalue weighted by Crippen LogP contribution is 2.23. The molecule has 1 heterocycles. The number of aromatic amines is 1. The van der Waals surface area contributed by atoms with E-state index in [0.717, 1.165) is 18.5 Å². The third kappa shape index (κ3) is 3.52. The molecule has 1 aliphatic carbocycles. The monoisotopic (exact) mass is 278 g/mol. The van der Waals surface area contributed by atoms with E-state index in [-0.39, 0.29) is 17.9 Å². The zero-order valence-corrected chi connectivity index (χ0v) is 12.5. The smallest absolute Gasteiger partial charge is 0.274 e. The molecule has 20 heavy (non-hydrogen) atoms. The van der Waals surface area contributed by atoms with Gasteiger partial charge in [-0.05, 0) is 18.8 Å². The van der Waals surface area contributed by atoms with Gasteiger partial charge in [0.05, 0.1) is 11.4 Å². The maximum absolute atomic E-state index is 12.3. The first-order chi connectivity index (χ1) is 9.59. The summed E-state index contributed by atoms with van der Waals surface area (Å²) < 4.78 is 0. The molecule has 112 valence electrons. The molecule has 0 bridgehead atoms. The van der Waals surface area contributed by atoms with Crippen LogP contribution in [0.4, 0.5) is 5.69 Å². The van der Waals surface area contributed by atoms with Crippen LogP contribution >= 0.6 is 0 Å². The van der Waals surface area contributed by atoms with Gasteiger partial charge in [-0.2, -0.15) is 5.10 Å². The number of carbonyl (C=O) groups is 1. The lowest BCUT2D eigenvalue weighted by molar-refractivity contribution is 0.0926. The molecule has 0 atom stereocenters. The zero-order valence-electron chi connectivity index (χ0n) is 12.5. The van der Waals surface area contributed by atoms with Crippen molar-refractivity contribution in [3.63, 3.8) is 0 Å². The Kier molecular flexibility index (Phi) is 5.04. The van der Waals surface area contributed by atoms with Crippen LogP contribution in [0.3, 0.4) is 0 Å². The number of amides is 1. The molecule has 1 aromatic heterocycles. The van der Waals surface area contributed by atoms with Crippen molar-refractivity contribution in [2.24, 2.45) is 0 Å². The molecule has 0 radical (unpaired) electrons. The number of nitrogens with two attached hydrogens (primary N) is 1. The largest absolute Gasteiger partial charge is 0.395 e. The van der Waals surface area contributed by atoms with Crippen LogP contribution in [0.5, 0.6) is 0 Å². The fourth-order valence-corrected chi connectivity index (χ4v) is 2.83. The molecule has 4 N–H and O–H groups in total. The van der Waals surface area contributed by atoms with Gasteiger partial charge in [0.1, 0.15) is 0 Å². The van der Waals surface area contributed by atoms with Crippen LogP contribution in [0.25, 0.3) is 0 Å². The number of H-pyrrole nitrogens is 1. The van der Waals surface area contributed by atoms with Crippen LogP contribution < -0.4 is 11.1 Å². The van der Waals surface area contributed by atoms with Gasteiger partial charge >= 0.3 is 0 Å². The molecule has 0 aromatic carbocycles. The van der Waals surface area contributed by atoms with Gasteiger partial charge in [0.25, 0.3) is 5.91 Å². The maximum Gasteiger partial charge on any atom is 0.274 e. The molecular weight excluding hydrogens is 252 g/mol. The van der Waals surface area contributed by atoms with Gasteiger partial charge < -0.3 is 11.1 Å². The lowest BCUT2D eigenvalue weighted by atomic mass is 9.96. The Labute approximate surface area is 120 Å². The van der Waals surface area contributed by atoms with E-state index in [2.05, 4.69) is 15.5 Å². The average molecular weight is 278 g/mol. The predicted molar refractivity (Wildman–Crippen MR) is 80.7 cm³/mol. The molecule has 1 amide bonds. The summed E-state index contributed by atoms with van der Waals surface area (Å²) in [6, 6.07) is 0.265. The van der Waals surface area contributed by atoms with E-state index in [1.54, 1.807) is 0 Å². The number of nitrogens with zero attached hydrogens (tertiary/aromatic N) is 1. The van der Waals surface area contributed by atoms with Gasteiger partial charge in [-0.15, -0.1) is 0 Å². The molecule has 1 aliphatic rings. The summed E-state index contributed by atoms with van der Waals surface area (Å²) in [5.74, 6) is 0.0988. The normalized spacial score (nSPS) is 17.8. The predicted octanol–water partition coefficient (Wildman–Crippen LogP) is 2.96. The zero-order chi connectivity index (χ0) is 14.5. The number of nitrogen functional groups attached to an aromatic ring is 1. The van der Waals surface area contributed by atoms with Gasteiger partial charge in [0, 0.05) is 6.04 Å². The second-order valence-electron chi connectivity index (χ2n) is 6.07. The van der Waals surface area contributed by atoms with E-state index >= 15 is 0 Å². The number of aromatic nitrogens is 2. The Morgan fingerprint density at radius 3 is 2.40 bits per heavy atom. The molecule has 0 unspecified atom stereocenters. The minimum absolute atomic E-state index is 0.142. The third-order valence-corrected chi connectivity index (χ3v) is 4.07. The minimum atomic E-state index is -0.142. The molecule has 0 aliphatic heterocycles. The number of hydrogen-bond acceptors (Lipinski definition) is 3. The van der Waals surface area contributed by atoms with E-state index in [1.165, 1.54) is 32.1 Å². The molecule has 1 saturated carbocycles. The summed E-state index contributed by atoms with van der Waals surface area (Å²) in [4.78, 5) is 12.3. The Hall–Kier alpha value is -1.52. The number of carbonyl (C=O) groups excluding carboxylic acids is 1. The van der Waals surface area contributed by atoms with Crippen molar-refractivity contribution in [1.29, 1.82) is 0 Å². The molecule has 0 saturated heterocycles. The molecule has 5 nitrogen and oxygen atoms in total. The number of anilines is 1. The van der Waals surface area contributed by atoms with Crippen LogP contribution in [0.2, 0.25) is 0 Å². The van der Waals surface area contributed by atoms with Crippen molar-refractivity contribution in [2.75, 3.05) is 5.73 Å². The van der Waals surface area contributed by atoms with Gasteiger partial charge in [0.2, 0.25) is 0 Å². The highest BCUT2D eigenvalue weighted by Gasteiger charge is 2.21. The lowest BCUT2D eigenvalue weighted by Gasteiger charge is -2.20. The Bertz CT molecular complexity index is 445. The fourth-order valence-electron chi connectivity index (χ4n) is 2.83. The Balaban J connectivity index is 2.00. The van der Waals surface area contributed by atoms with E-state index < -0.39 is 0 Å². The number of nitrogens with one attached hydrogen (secondary N) is 2. The van der Waals surface area contributed by atoms with Crippen LogP contribution in [-0.2, 0) is 0 Å². The van der Waals surface area contributed by atoms with Crippen molar-refractivity contribution in [2.45, 2.75) is 70.8 Å². The molecule has 2 rings (SSSR count). The summed E-state index contributed by atoms with van der Waals surface area (Å²) in [5, 5.41) is 10.1. The Morgan fingerprint density at radius 1 is 1.25 bits per heavy atom. The number of rotatable bonds is 3. The van der Waals surface area contributed by atoms with E-state index in [0.29, 0.717) is 11.4 Å². The van der Waals surface area contributed by atoms with Crippen molar-refractivity contribution >= 4 is 11.6 Å². The molecular formula is C15H26N4O. The number of hydrogen-bond donors (Lipinski definition) is 3. The molecule has 0 spiro atoms. The van der Waals surface area contributed by atoms with Crippen LogP contribution in [-0.4, -0.2) is 22.1 Å². The second-order valence-corrected chi connectivity index (χ2v) is 6.07. The summed E-state index contributed by atoms with van der Waals surface area (Å²) in [7, 11) is 0. The summed E-state index contributed by atoms with van der Waals surface area (Å²) in [6.45, 7) is 4.06. The fraction of sp³-hybridized carbons (Fsp3) is 0.733. The quantitative estimate of drug-likeness (QED) is 0.794. The van der Waals surface area contributed by atoms with Gasteiger partial charge in [-0.3, -0.25) is 9.89 Å². The van der Waals surface area contributed by atoms with Crippen molar-refractivity contribution in [1.82, 2.24) is 15.5 Å². The van der Waals surface area contributed by atoms with Crippen molar-refractivity contribution in [3.05, 3.63) is 11.4 Å². The minimum Gasteiger partial charge on any atom is -0.395 e. The second kappa shape index (κ2) is 6.77. The van der Waals surface area contributed by atoms with Gasteiger partial charge in [-0.1, -0.05) is 46.0 Å². The van der Waals surface area contributed by atoms with Crippen molar-refractivity contribution in [3.8, 4) is 0 Å². The third-order valence-electron chi connectivity index (χ3n) is 4.07. The topological polar surface area (TPSA) is 83.8 Å². The summed E-state index contributed by atoms with van der Waals surface area (Å²) >= 11 is 0. The maximum atomic E-state index is 12.3. The highest BCUT2D eigenvalue weighted by molar-refractivity contribution is 5.97. The van der Waals surface area contributed by atoms with Crippen molar-refractivity contribution < 1.29 is 4.79 Å². The Morgan fingerprint density at radius 2 is 1.85 bits per heavy atom. The SMILES string of the molecule is CC(C)c1[nH]nc(C(=O)NC2CCCCCCC2)c1N. The first-order valence-corrected chi connectivity index (χ1v) is 7.74. The van der Waals surface area contributed by atoms with E-state index in [9.17, 15) is 4.79 Å². The van der Waals surface area contributed by atoms with Crippen LogP contribution in [0.15, 0.2) is 0 Å². The molecule has 1 fully saturated rings. The van der Waals surface area contributed by atoms with Gasteiger partial charge in [-0.25, -0.2) is 0 Å². The van der Waals surface area contributed by atoms with Crippen LogP contribution in [0, 0.1) is 0 Å². The summed E-state index contributed by atoms with van der Waals surface area (Å²) in [6.07, 6.45) is 8.38. The molecule has 5 heteroatoms. The van der Waals surface area contributed by atoms with Crippen LogP contribution in [0.1, 0.15) is 80.9 Å². The standard InChI is InChI=1S/C15H26N4O/c1-10(2)13-12(16)14(19-18-13)15(20)17-11-8-6-4-3-5-7-9-11/h10-11H,3-9,16H2,1-2H3,(H,17,20)(H,18,19). The van der Waals surface area contributed by atoms with E-state index in [4.69, 9.17) is 5.73 Å².